The molecule has 1 aliphatic heterocycles. The van der Waals surface area contributed by atoms with Crippen molar-refractivity contribution >= 4 is 5.78 Å². The van der Waals surface area contributed by atoms with E-state index in [0.717, 1.165) is 13.0 Å². The van der Waals surface area contributed by atoms with Gasteiger partial charge in [0.2, 0.25) is 0 Å². The molecule has 1 saturated carbocycles. The smallest absolute Gasteiger partial charge is 0.151 e. The van der Waals surface area contributed by atoms with Gasteiger partial charge in [-0.15, -0.1) is 0 Å². The van der Waals surface area contributed by atoms with Crippen molar-refractivity contribution in [2.24, 2.45) is 11.7 Å². The number of rotatable bonds is 2. The molecular weight excluding hydrogens is 188 g/mol. The van der Waals surface area contributed by atoms with Crippen LogP contribution in [0.3, 0.4) is 0 Å². The summed E-state index contributed by atoms with van der Waals surface area (Å²) in [4.78, 5) is 14.2. The van der Waals surface area contributed by atoms with Crippen molar-refractivity contribution < 1.29 is 4.79 Å². The molecule has 0 aromatic carbocycles. The second-order valence-electron chi connectivity index (χ2n) is 5.02. The summed E-state index contributed by atoms with van der Waals surface area (Å²) in [5, 5.41) is 0. The molecule has 0 aromatic heterocycles. The number of hydrogen-bond donors (Lipinski definition) is 1. The minimum atomic E-state index is -0.173. The summed E-state index contributed by atoms with van der Waals surface area (Å²) < 4.78 is 0. The summed E-state index contributed by atoms with van der Waals surface area (Å²) in [5.41, 5.74) is 5.84. The van der Waals surface area contributed by atoms with E-state index in [9.17, 15) is 4.79 Å². The fraction of sp³-hybridized carbons (Fsp3) is 0.917. The van der Waals surface area contributed by atoms with E-state index in [4.69, 9.17) is 5.73 Å². The highest BCUT2D eigenvalue weighted by atomic mass is 16.1. The Bertz CT molecular complexity index is 233. The molecule has 2 rings (SSSR count). The molecule has 1 saturated heterocycles. The van der Waals surface area contributed by atoms with Crippen molar-refractivity contribution in [1.82, 2.24) is 4.90 Å². The number of Topliss-reactive ketones (excluding diaryl/α,β-unsaturated/α-hetero) is 1. The third kappa shape index (κ3) is 2.23. The molecule has 2 aliphatic rings. The number of carbonyl (C=O) groups is 1. The van der Waals surface area contributed by atoms with E-state index in [1.165, 1.54) is 25.8 Å². The van der Waals surface area contributed by atoms with Crippen LogP contribution in [0.2, 0.25) is 0 Å². The van der Waals surface area contributed by atoms with Gasteiger partial charge < -0.3 is 5.73 Å². The van der Waals surface area contributed by atoms with Crippen molar-refractivity contribution in [3.05, 3.63) is 0 Å². The van der Waals surface area contributed by atoms with Crippen molar-refractivity contribution in [3.63, 3.8) is 0 Å². The maximum Gasteiger partial charge on any atom is 0.151 e. The fourth-order valence-electron chi connectivity index (χ4n) is 3.16. The summed E-state index contributed by atoms with van der Waals surface area (Å²) in [7, 11) is 0. The van der Waals surface area contributed by atoms with Crippen LogP contribution < -0.4 is 5.73 Å². The topological polar surface area (TPSA) is 46.3 Å². The van der Waals surface area contributed by atoms with Gasteiger partial charge in [0.05, 0.1) is 6.04 Å². The van der Waals surface area contributed by atoms with Crippen LogP contribution in [0.15, 0.2) is 0 Å². The lowest BCUT2D eigenvalue weighted by Crippen LogP contribution is -2.53. The van der Waals surface area contributed by atoms with Gasteiger partial charge in [-0.3, -0.25) is 9.69 Å². The normalized spacial score (nSPS) is 37.7. The van der Waals surface area contributed by atoms with Crippen LogP contribution in [0.5, 0.6) is 0 Å². The second-order valence-corrected chi connectivity index (χ2v) is 5.02. The predicted molar refractivity (Wildman–Crippen MR) is 60.6 cm³/mol. The van der Waals surface area contributed by atoms with Crippen LogP contribution in [0, 0.1) is 5.92 Å². The number of nitrogens with zero attached hydrogens (tertiary/aromatic N) is 1. The highest BCUT2D eigenvalue weighted by Crippen LogP contribution is 2.33. The Morgan fingerprint density at radius 3 is 3.07 bits per heavy atom. The van der Waals surface area contributed by atoms with E-state index >= 15 is 0 Å². The van der Waals surface area contributed by atoms with Gasteiger partial charge in [0.1, 0.15) is 0 Å². The van der Waals surface area contributed by atoms with Gasteiger partial charge in [-0.05, 0) is 44.7 Å². The maximum absolute atomic E-state index is 11.6. The molecule has 3 unspecified atom stereocenters. The molecule has 0 amide bonds. The van der Waals surface area contributed by atoms with Gasteiger partial charge >= 0.3 is 0 Å². The van der Waals surface area contributed by atoms with Gasteiger partial charge in [0.15, 0.2) is 5.78 Å². The van der Waals surface area contributed by atoms with Crippen LogP contribution in [0.4, 0.5) is 0 Å². The number of likely N-dealkylation sites (tertiary alicyclic amines) is 1. The lowest BCUT2D eigenvalue weighted by molar-refractivity contribution is -0.126. The maximum atomic E-state index is 11.6. The quantitative estimate of drug-likeness (QED) is 0.744. The van der Waals surface area contributed by atoms with Gasteiger partial charge in [-0.2, -0.15) is 0 Å². The Kier molecular flexibility index (Phi) is 3.42. The monoisotopic (exact) mass is 210 g/mol. The van der Waals surface area contributed by atoms with Crippen molar-refractivity contribution in [3.8, 4) is 0 Å². The molecule has 15 heavy (non-hydrogen) atoms. The number of hydrogen-bond acceptors (Lipinski definition) is 3. The predicted octanol–water partition coefficient (Wildman–Crippen LogP) is 1.17. The number of carbonyl (C=O) groups excluding carboxylic acids is 1. The summed E-state index contributed by atoms with van der Waals surface area (Å²) in [6, 6.07) is 0.332. The molecule has 1 heterocycles. The zero-order valence-electron chi connectivity index (χ0n) is 9.61. The third-order valence-electron chi connectivity index (χ3n) is 3.92. The molecule has 3 heteroatoms. The molecular formula is C12H22N2O. The number of piperidine rings is 1. The first-order chi connectivity index (χ1) is 7.22. The van der Waals surface area contributed by atoms with Gasteiger partial charge in [-0.25, -0.2) is 0 Å². The zero-order valence-corrected chi connectivity index (χ0v) is 9.61. The Hall–Kier alpha value is -0.410. The Morgan fingerprint density at radius 2 is 2.33 bits per heavy atom. The molecule has 3 atom stereocenters. The first-order valence-corrected chi connectivity index (χ1v) is 6.24. The Balaban J connectivity index is 2.04. The number of fused-ring (bicyclic) bond motifs is 1. The van der Waals surface area contributed by atoms with Crippen LogP contribution in [0.25, 0.3) is 0 Å². The van der Waals surface area contributed by atoms with Crippen molar-refractivity contribution in [2.75, 3.05) is 13.1 Å². The molecule has 1 aliphatic carbocycles. The first-order valence-electron chi connectivity index (χ1n) is 6.24. The Morgan fingerprint density at radius 1 is 1.53 bits per heavy atom. The second kappa shape index (κ2) is 4.62. The molecule has 86 valence electrons. The van der Waals surface area contributed by atoms with E-state index in [1.54, 1.807) is 0 Å². The van der Waals surface area contributed by atoms with Crippen LogP contribution in [-0.4, -0.2) is 35.9 Å². The first kappa shape index (κ1) is 11.1. The standard InChI is InChI=1S/C12H22N2O/c1-2-5-14-6-3-4-9-7-10(13)12(15)8-11(9)14/h9-11H,2-8,13H2,1H3. The van der Waals surface area contributed by atoms with E-state index in [1.807, 2.05) is 0 Å². The molecule has 0 aromatic rings. The third-order valence-corrected chi connectivity index (χ3v) is 3.92. The van der Waals surface area contributed by atoms with Gasteiger partial charge in [0.25, 0.3) is 0 Å². The Labute approximate surface area is 92.0 Å². The SMILES string of the molecule is CCCN1CCCC2CC(N)C(=O)CC21. The summed E-state index contributed by atoms with van der Waals surface area (Å²) >= 11 is 0. The summed E-state index contributed by atoms with van der Waals surface area (Å²) in [6.45, 7) is 4.53. The average Bonchev–Trinajstić information content (AvgIpc) is 2.21. The largest absolute Gasteiger partial charge is 0.321 e. The van der Waals surface area contributed by atoms with E-state index in [2.05, 4.69) is 11.8 Å². The summed E-state index contributed by atoms with van der Waals surface area (Å²) in [5.74, 6) is 0.956. The fourth-order valence-corrected chi connectivity index (χ4v) is 3.16. The zero-order chi connectivity index (χ0) is 10.8. The van der Waals surface area contributed by atoms with Gasteiger partial charge in [-0.1, -0.05) is 6.92 Å². The summed E-state index contributed by atoms with van der Waals surface area (Å²) in [6.07, 6.45) is 5.35. The van der Waals surface area contributed by atoms with Crippen molar-refractivity contribution in [2.45, 2.75) is 51.1 Å². The van der Waals surface area contributed by atoms with E-state index in [0.29, 0.717) is 18.4 Å². The lowest BCUT2D eigenvalue weighted by Gasteiger charge is -2.44. The lowest BCUT2D eigenvalue weighted by atomic mass is 9.76. The van der Waals surface area contributed by atoms with E-state index < -0.39 is 0 Å². The molecule has 2 fully saturated rings. The minimum Gasteiger partial charge on any atom is -0.321 e. The molecule has 3 nitrogen and oxygen atoms in total. The van der Waals surface area contributed by atoms with Crippen LogP contribution in [-0.2, 0) is 4.79 Å². The number of nitrogens with two attached hydrogens (primary N) is 1. The number of ketones is 1. The van der Waals surface area contributed by atoms with Crippen LogP contribution in [0.1, 0.15) is 39.0 Å². The molecule has 2 N–H and O–H groups in total. The molecule has 0 radical (unpaired) electrons. The van der Waals surface area contributed by atoms with Gasteiger partial charge in [0, 0.05) is 12.5 Å². The van der Waals surface area contributed by atoms with Crippen molar-refractivity contribution in [1.29, 1.82) is 0 Å². The average molecular weight is 210 g/mol. The molecule has 0 bridgehead atoms. The highest BCUT2D eigenvalue weighted by molar-refractivity contribution is 5.85. The highest BCUT2D eigenvalue weighted by Gasteiger charge is 2.38. The van der Waals surface area contributed by atoms with E-state index in [-0.39, 0.29) is 11.8 Å². The molecule has 0 spiro atoms. The minimum absolute atomic E-state index is 0.173. The van der Waals surface area contributed by atoms with Crippen LogP contribution >= 0.6 is 0 Å².